The lowest BCUT2D eigenvalue weighted by molar-refractivity contribution is 0.883. The van der Waals surface area contributed by atoms with Crippen molar-refractivity contribution in [3.05, 3.63) is 16.1 Å². The molecule has 1 saturated carbocycles. The molecule has 0 atom stereocenters. The lowest BCUT2D eigenvalue weighted by Crippen LogP contribution is -2.08. The van der Waals surface area contributed by atoms with Crippen molar-refractivity contribution in [2.24, 2.45) is 5.92 Å². The number of rotatable bonds is 5. The van der Waals surface area contributed by atoms with Crippen LogP contribution in [0.3, 0.4) is 0 Å². The Morgan fingerprint density at radius 1 is 1.25 bits per heavy atom. The largest absolute Gasteiger partial charge is 0.369 e. The Morgan fingerprint density at radius 3 is 2.44 bits per heavy atom. The Bertz CT molecular complexity index is 378. The molecule has 0 radical (unpaired) electrons. The standard InChI is InChI=1S/C11H15Cl2N3/c1-2-14-10-8(12)5-9(13)11(16-10)15-6-7-3-4-7/h5,7H,2-4,6H2,1H3,(H2,14,15,16). The SMILES string of the molecule is CCNc1nc(NCC2CC2)c(Cl)cc1Cl. The molecule has 0 unspecified atom stereocenters. The molecule has 0 aliphatic heterocycles. The average Bonchev–Trinajstić information content (AvgIpc) is 3.04. The van der Waals surface area contributed by atoms with E-state index >= 15 is 0 Å². The Labute approximate surface area is 106 Å². The molecular formula is C11H15Cl2N3. The van der Waals surface area contributed by atoms with Crippen LogP contribution in [0.15, 0.2) is 6.07 Å². The molecule has 1 aromatic rings. The smallest absolute Gasteiger partial charge is 0.147 e. The van der Waals surface area contributed by atoms with Gasteiger partial charge >= 0.3 is 0 Å². The number of hydrogen-bond acceptors (Lipinski definition) is 3. The lowest BCUT2D eigenvalue weighted by Gasteiger charge is -2.11. The summed E-state index contributed by atoms with van der Waals surface area (Å²) in [6.07, 6.45) is 2.61. The number of aromatic nitrogens is 1. The number of nitrogens with zero attached hydrogens (tertiary/aromatic N) is 1. The van der Waals surface area contributed by atoms with E-state index in [1.165, 1.54) is 12.8 Å². The fourth-order valence-corrected chi connectivity index (χ4v) is 1.94. The molecule has 2 rings (SSSR count). The fourth-order valence-electron chi connectivity index (χ4n) is 1.44. The van der Waals surface area contributed by atoms with Crippen LogP contribution in [0.25, 0.3) is 0 Å². The summed E-state index contributed by atoms with van der Waals surface area (Å²) >= 11 is 12.1. The fraction of sp³-hybridized carbons (Fsp3) is 0.545. The molecular weight excluding hydrogens is 245 g/mol. The van der Waals surface area contributed by atoms with Gasteiger partial charge in [0.1, 0.15) is 11.6 Å². The number of pyridine rings is 1. The number of nitrogens with one attached hydrogen (secondary N) is 2. The van der Waals surface area contributed by atoms with E-state index in [0.717, 1.165) is 19.0 Å². The summed E-state index contributed by atoms with van der Waals surface area (Å²) in [5.41, 5.74) is 0. The van der Waals surface area contributed by atoms with E-state index in [9.17, 15) is 0 Å². The van der Waals surface area contributed by atoms with Gasteiger partial charge in [-0.3, -0.25) is 0 Å². The molecule has 0 saturated heterocycles. The van der Waals surface area contributed by atoms with Gasteiger partial charge in [0, 0.05) is 13.1 Å². The van der Waals surface area contributed by atoms with Gasteiger partial charge in [-0.2, -0.15) is 0 Å². The van der Waals surface area contributed by atoms with Crippen molar-refractivity contribution in [1.29, 1.82) is 0 Å². The zero-order valence-electron chi connectivity index (χ0n) is 9.19. The summed E-state index contributed by atoms with van der Waals surface area (Å²) in [5, 5.41) is 7.50. The lowest BCUT2D eigenvalue weighted by atomic mass is 10.4. The molecule has 1 fully saturated rings. The number of anilines is 2. The highest BCUT2D eigenvalue weighted by Crippen LogP contribution is 2.32. The summed E-state index contributed by atoms with van der Waals surface area (Å²) in [7, 11) is 0. The zero-order chi connectivity index (χ0) is 11.5. The van der Waals surface area contributed by atoms with Gasteiger partial charge < -0.3 is 10.6 Å². The van der Waals surface area contributed by atoms with Gasteiger partial charge in [-0.25, -0.2) is 4.98 Å². The third kappa shape index (κ3) is 2.92. The molecule has 2 N–H and O–H groups in total. The third-order valence-electron chi connectivity index (χ3n) is 2.53. The van der Waals surface area contributed by atoms with Crippen molar-refractivity contribution >= 4 is 34.8 Å². The second-order valence-corrected chi connectivity index (χ2v) is 4.82. The molecule has 1 aliphatic carbocycles. The van der Waals surface area contributed by atoms with Crippen molar-refractivity contribution in [1.82, 2.24) is 4.98 Å². The normalized spacial score (nSPS) is 14.9. The van der Waals surface area contributed by atoms with Crippen molar-refractivity contribution in [2.75, 3.05) is 23.7 Å². The zero-order valence-corrected chi connectivity index (χ0v) is 10.7. The monoisotopic (exact) mass is 259 g/mol. The van der Waals surface area contributed by atoms with Crippen LogP contribution in [0.5, 0.6) is 0 Å². The highest BCUT2D eigenvalue weighted by Gasteiger charge is 2.21. The molecule has 16 heavy (non-hydrogen) atoms. The molecule has 1 aliphatic rings. The maximum atomic E-state index is 6.07. The van der Waals surface area contributed by atoms with Crippen LogP contribution >= 0.6 is 23.2 Å². The van der Waals surface area contributed by atoms with Crippen LogP contribution in [0, 0.1) is 5.92 Å². The molecule has 0 aromatic carbocycles. The Balaban J connectivity index is 2.11. The number of hydrogen-bond donors (Lipinski definition) is 2. The van der Waals surface area contributed by atoms with Crippen molar-refractivity contribution in [3.8, 4) is 0 Å². The van der Waals surface area contributed by atoms with Gasteiger partial charge in [-0.05, 0) is 31.7 Å². The minimum Gasteiger partial charge on any atom is -0.369 e. The summed E-state index contributed by atoms with van der Waals surface area (Å²) in [6, 6.07) is 1.73. The molecule has 0 bridgehead atoms. The van der Waals surface area contributed by atoms with Crippen LogP contribution in [-0.2, 0) is 0 Å². The first kappa shape index (κ1) is 11.8. The topological polar surface area (TPSA) is 37.0 Å². The predicted octanol–water partition coefficient (Wildman–Crippen LogP) is 3.64. The van der Waals surface area contributed by atoms with Crippen molar-refractivity contribution in [3.63, 3.8) is 0 Å². The molecule has 88 valence electrons. The molecule has 1 aromatic heterocycles. The van der Waals surface area contributed by atoms with E-state index in [2.05, 4.69) is 15.6 Å². The van der Waals surface area contributed by atoms with E-state index in [1.54, 1.807) is 6.07 Å². The van der Waals surface area contributed by atoms with Gasteiger partial charge in [0.05, 0.1) is 10.0 Å². The predicted molar refractivity (Wildman–Crippen MR) is 69.6 cm³/mol. The first-order chi connectivity index (χ1) is 7.70. The van der Waals surface area contributed by atoms with Crippen LogP contribution in [0.4, 0.5) is 11.6 Å². The van der Waals surface area contributed by atoms with Gasteiger partial charge in [-0.1, -0.05) is 23.2 Å². The maximum Gasteiger partial charge on any atom is 0.147 e. The Morgan fingerprint density at radius 2 is 1.88 bits per heavy atom. The quantitative estimate of drug-likeness (QED) is 0.848. The first-order valence-electron chi connectivity index (χ1n) is 5.54. The van der Waals surface area contributed by atoms with Gasteiger partial charge in [0.25, 0.3) is 0 Å². The third-order valence-corrected chi connectivity index (χ3v) is 3.11. The second kappa shape index (κ2) is 5.11. The van der Waals surface area contributed by atoms with Gasteiger partial charge in [-0.15, -0.1) is 0 Å². The van der Waals surface area contributed by atoms with Crippen molar-refractivity contribution in [2.45, 2.75) is 19.8 Å². The average molecular weight is 260 g/mol. The highest BCUT2D eigenvalue weighted by molar-refractivity contribution is 6.37. The van der Waals surface area contributed by atoms with Gasteiger partial charge in [0.2, 0.25) is 0 Å². The molecule has 3 nitrogen and oxygen atoms in total. The summed E-state index contributed by atoms with van der Waals surface area (Å²) < 4.78 is 0. The second-order valence-electron chi connectivity index (χ2n) is 4.00. The maximum absolute atomic E-state index is 6.07. The minimum absolute atomic E-state index is 0.559. The number of halogens is 2. The summed E-state index contributed by atoms with van der Waals surface area (Å²) in [5.74, 6) is 2.19. The van der Waals surface area contributed by atoms with E-state index in [0.29, 0.717) is 21.7 Å². The van der Waals surface area contributed by atoms with Crippen LogP contribution in [0.2, 0.25) is 10.0 Å². The summed E-state index contributed by atoms with van der Waals surface area (Å²) in [6.45, 7) is 3.74. The summed E-state index contributed by atoms with van der Waals surface area (Å²) in [4.78, 5) is 4.38. The molecule has 5 heteroatoms. The Kier molecular flexibility index (Phi) is 3.77. The molecule has 0 spiro atoms. The highest BCUT2D eigenvalue weighted by atomic mass is 35.5. The first-order valence-corrected chi connectivity index (χ1v) is 6.30. The van der Waals surface area contributed by atoms with Crippen LogP contribution < -0.4 is 10.6 Å². The van der Waals surface area contributed by atoms with Gasteiger partial charge in [0.15, 0.2) is 0 Å². The van der Waals surface area contributed by atoms with E-state index < -0.39 is 0 Å². The van der Waals surface area contributed by atoms with E-state index in [4.69, 9.17) is 23.2 Å². The molecule has 0 amide bonds. The minimum atomic E-state index is 0.559. The van der Waals surface area contributed by atoms with Crippen LogP contribution in [-0.4, -0.2) is 18.1 Å². The molecule has 1 heterocycles. The van der Waals surface area contributed by atoms with E-state index in [1.807, 2.05) is 6.92 Å². The Hall–Kier alpha value is -0.670. The van der Waals surface area contributed by atoms with Crippen molar-refractivity contribution < 1.29 is 0 Å². The van der Waals surface area contributed by atoms with E-state index in [-0.39, 0.29) is 0 Å². The van der Waals surface area contributed by atoms with Crippen LogP contribution in [0.1, 0.15) is 19.8 Å².